The van der Waals surface area contributed by atoms with E-state index in [9.17, 15) is 19.5 Å². The fourth-order valence-electron chi connectivity index (χ4n) is 5.57. The molecule has 2 heterocycles. The van der Waals surface area contributed by atoms with E-state index >= 15 is 0 Å². The van der Waals surface area contributed by atoms with Crippen LogP contribution < -0.4 is 10.1 Å². The number of nitrogens with one attached hydrogen (secondary N) is 1. The lowest BCUT2D eigenvalue weighted by molar-refractivity contribution is -0.149. The van der Waals surface area contributed by atoms with Crippen LogP contribution in [0.2, 0.25) is 0 Å². The number of benzene rings is 2. The number of methoxy groups -OCH3 is 2. The highest BCUT2D eigenvalue weighted by molar-refractivity contribution is 5.91. The first-order valence-corrected chi connectivity index (χ1v) is 13.7. The zero-order chi connectivity index (χ0) is 29.2. The molecule has 216 valence electrons. The fraction of sp³-hybridized carbons (Fsp3) is 0.516. The molecule has 1 fully saturated rings. The van der Waals surface area contributed by atoms with Gasteiger partial charge in [0.2, 0.25) is 5.91 Å². The number of fused-ring (bicyclic) bond motifs is 5. The van der Waals surface area contributed by atoms with Gasteiger partial charge in [-0.15, -0.1) is 0 Å². The molecule has 9 nitrogen and oxygen atoms in total. The van der Waals surface area contributed by atoms with Crippen molar-refractivity contribution in [1.82, 2.24) is 10.2 Å². The van der Waals surface area contributed by atoms with Crippen LogP contribution in [0.5, 0.6) is 5.75 Å². The highest BCUT2D eigenvalue weighted by Gasteiger charge is 2.52. The molecule has 2 aromatic rings. The molecule has 0 saturated carbocycles. The molecule has 2 aromatic carbocycles. The second-order valence-corrected chi connectivity index (χ2v) is 11.9. The van der Waals surface area contributed by atoms with Crippen LogP contribution in [0.4, 0.5) is 4.79 Å². The summed E-state index contributed by atoms with van der Waals surface area (Å²) < 4.78 is 17.1. The zero-order valence-electron chi connectivity index (χ0n) is 24.2. The zero-order valence-corrected chi connectivity index (χ0v) is 24.2. The predicted octanol–water partition coefficient (Wildman–Crippen LogP) is 4.96. The summed E-state index contributed by atoms with van der Waals surface area (Å²) in [5.74, 6) is -1.16. The van der Waals surface area contributed by atoms with Crippen LogP contribution >= 0.6 is 0 Å². The number of amides is 2. The first-order valence-electron chi connectivity index (χ1n) is 13.7. The third kappa shape index (κ3) is 5.94. The standard InChI is InChI=1S/C31H40N2O7/c1-19(2)26-27(34)33-18-31(39-6,17-24(33)28(35)36)23-10-9-20-16-25(38-5)21(14-22(20)15-23)8-7-11-30(3,4)12-13-40-29(37)32-26/h7-10,14-16,19,24,26H,11-13,17-18H2,1-6H3,(H,32,37)(H,35,36)/t24-,26-,31-/m0/s1. The molecule has 2 aliphatic rings. The third-order valence-electron chi connectivity index (χ3n) is 8.18. The van der Waals surface area contributed by atoms with E-state index in [-0.39, 0.29) is 30.9 Å². The van der Waals surface area contributed by atoms with Crippen molar-refractivity contribution in [3.8, 4) is 5.75 Å². The minimum absolute atomic E-state index is 0.0296. The van der Waals surface area contributed by atoms with Crippen LogP contribution in [0.25, 0.3) is 16.8 Å². The molecular formula is C31H40N2O7. The van der Waals surface area contributed by atoms with Gasteiger partial charge >= 0.3 is 12.1 Å². The number of cyclic esters (lactones) is 1. The second-order valence-electron chi connectivity index (χ2n) is 11.9. The van der Waals surface area contributed by atoms with Crippen molar-refractivity contribution in [3.63, 3.8) is 0 Å². The number of carbonyl (C=O) groups excluding carboxylic acids is 2. The Hall–Kier alpha value is -3.59. The quantitative estimate of drug-likeness (QED) is 0.551. The number of nitrogens with zero attached hydrogens (tertiary/aromatic N) is 1. The minimum Gasteiger partial charge on any atom is -0.496 e. The van der Waals surface area contributed by atoms with Gasteiger partial charge in [-0.3, -0.25) is 4.79 Å². The summed E-state index contributed by atoms with van der Waals surface area (Å²) in [5.41, 5.74) is 0.498. The minimum atomic E-state index is -1.13. The Morgan fingerprint density at radius 1 is 1.15 bits per heavy atom. The number of allylic oxidation sites excluding steroid dienone is 1. The van der Waals surface area contributed by atoms with Crippen LogP contribution in [0.3, 0.4) is 0 Å². The lowest BCUT2D eigenvalue weighted by atomic mass is 9.85. The van der Waals surface area contributed by atoms with Crippen LogP contribution in [-0.2, 0) is 24.7 Å². The van der Waals surface area contributed by atoms with Crippen molar-refractivity contribution in [1.29, 1.82) is 0 Å². The Morgan fingerprint density at radius 2 is 1.90 bits per heavy atom. The number of ether oxygens (including phenoxy) is 3. The SMILES string of the molecule is COc1cc2ccc3cc2cc1C=CCC(C)(C)CCOC(=O)N[C@@H](C(C)C)C(=O)N1C[C@@]3(OC)C[C@H]1C(=O)O. The number of carboxylic acid groups (broad SMARTS) is 1. The number of rotatable bonds is 4. The van der Waals surface area contributed by atoms with Crippen molar-refractivity contribution >= 4 is 34.8 Å². The molecule has 4 rings (SSSR count). The lowest BCUT2D eigenvalue weighted by Crippen LogP contribution is -2.54. The largest absolute Gasteiger partial charge is 0.496 e. The molecule has 0 radical (unpaired) electrons. The van der Waals surface area contributed by atoms with Crippen molar-refractivity contribution in [3.05, 3.63) is 47.5 Å². The van der Waals surface area contributed by atoms with Gasteiger partial charge in [-0.05, 0) is 58.7 Å². The van der Waals surface area contributed by atoms with Gasteiger partial charge < -0.3 is 29.5 Å². The first kappa shape index (κ1) is 29.4. The molecule has 40 heavy (non-hydrogen) atoms. The van der Waals surface area contributed by atoms with E-state index in [4.69, 9.17) is 14.2 Å². The van der Waals surface area contributed by atoms with Crippen LogP contribution in [-0.4, -0.2) is 67.4 Å². The van der Waals surface area contributed by atoms with E-state index in [0.717, 1.165) is 34.1 Å². The number of aliphatic carboxylic acids is 1. The van der Waals surface area contributed by atoms with E-state index in [1.165, 1.54) is 12.0 Å². The van der Waals surface area contributed by atoms with Gasteiger partial charge in [-0.1, -0.05) is 52.0 Å². The Morgan fingerprint density at radius 3 is 2.55 bits per heavy atom. The molecule has 5 bridgehead atoms. The van der Waals surface area contributed by atoms with Crippen molar-refractivity contribution in [2.45, 2.75) is 64.6 Å². The van der Waals surface area contributed by atoms with Crippen LogP contribution in [0.15, 0.2) is 36.4 Å². The van der Waals surface area contributed by atoms with Gasteiger partial charge in [-0.2, -0.15) is 0 Å². The van der Waals surface area contributed by atoms with E-state index in [2.05, 4.69) is 25.2 Å². The first-order chi connectivity index (χ1) is 18.9. The summed E-state index contributed by atoms with van der Waals surface area (Å²) in [5, 5.41) is 14.7. The van der Waals surface area contributed by atoms with Gasteiger partial charge in [0.15, 0.2) is 0 Å². The molecule has 2 amide bonds. The molecule has 3 atom stereocenters. The van der Waals surface area contributed by atoms with E-state index < -0.39 is 35.7 Å². The molecule has 2 aliphatic heterocycles. The molecule has 0 aliphatic carbocycles. The Balaban J connectivity index is 1.85. The summed E-state index contributed by atoms with van der Waals surface area (Å²) in [4.78, 5) is 40.2. The number of hydrogen-bond acceptors (Lipinski definition) is 6. The Bertz CT molecular complexity index is 1320. The lowest BCUT2D eigenvalue weighted by Gasteiger charge is -2.31. The normalized spacial score (nSPS) is 25.4. The highest BCUT2D eigenvalue weighted by Crippen LogP contribution is 2.41. The van der Waals surface area contributed by atoms with Crippen molar-refractivity contribution in [2.24, 2.45) is 11.3 Å². The third-order valence-corrected chi connectivity index (χ3v) is 8.18. The summed E-state index contributed by atoms with van der Waals surface area (Å²) in [6, 6.07) is 7.82. The number of carboxylic acids is 1. The molecule has 0 spiro atoms. The van der Waals surface area contributed by atoms with E-state index in [1.54, 1.807) is 21.0 Å². The summed E-state index contributed by atoms with van der Waals surface area (Å²) in [6.45, 7) is 8.02. The Labute approximate surface area is 235 Å². The average Bonchev–Trinajstić information content (AvgIpc) is 3.31. The monoisotopic (exact) mass is 552 g/mol. The molecular weight excluding hydrogens is 512 g/mol. The molecule has 2 N–H and O–H groups in total. The molecule has 9 heteroatoms. The van der Waals surface area contributed by atoms with Crippen molar-refractivity contribution < 1.29 is 33.7 Å². The van der Waals surface area contributed by atoms with Gasteiger partial charge in [0, 0.05) is 19.1 Å². The van der Waals surface area contributed by atoms with E-state index in [0.29, 0.717) is 6.42 Å². The average molecular weight is 553 g/mol. The number of hydrogen-bond donors (Lipinski definition) is 2. The number of carbonyl (C=O) groups is 3. The highest BCUT2D eigenvalue weighted by atomic mass is 16.5. The molecule has 0 unspecified atom stereocenters. The molecule has 0 aromatic heterocycles. The van der Waals surface area contributed by atoms with Gasteiger partial charge in [-0.25, -0.2) is 9.59 Å². The summed E-state index contributed by atoms with van der Waals surface area (Å²) in [7, 11) is 3.17. The fourth-order valence-corrected chi connectivity index (χ4v) is 5.57. The second kappa shape index (κ2) is 11.5. The van der Waals surface area contributed by atoms with Gasteiger partial charge in [0.05, 0.1) is 20.3 Å². The van der Waals surface area contributed by atoms with Gasteiger partial charge in [0.1, 0.15) is 23.4 Å². The maximum atomic E-state index is 13.8. The smallest absolute Gasteiger partial charge is 0.407 e. The molecule has 1 saturated heterocycles. The van der Waals surface area contributed by atoms with E-state index in [1.807, 2.05) is 36.4 Å². The maximum Gasteiger partial charge on any atom is 0.407 e. The van der Waals surface area contributed by atoms with Crippen LogP contribution in [0, 0.1) is 11.3 Å². The number of alkyl carbamates (subject to hydrolysis) is 1. The van der Waals surface area contributed by atoms with Crippen molar-refractivity contribution in [2.75, 3.05) is 27.4 Å². The summed E-state index contributed by atoms with van der Waals surface area (Å²) >= 11 is 0. The maximum absolute atomic E-state index is 13.8. The predicted molar refractivity (Wildman–Crippen MR) is 152 cm³/mol. The van der Waals surface area contributed by atoms with Crippen LogP contribution in [0.1, 0.15) is 58.1 Å². The Kier molecular flexibility index (Phi) is 8.44. The summed E-state index contributed by atoms with van der Waals surface area (Å²) in [6.07, 6.45) is 4.87. The topological polar surface area (TPSA) is 114 Å². The van der Waals surface area contributed by atoms with Gasteiger partial charge in [0.25, 0.3) is 0 Å².